The Hall–Kier alpha value is -2.55. The predicted octanol–water partition coefficient (Wildman–Crippen LogP) is 3.17. The number of piperidine rings is 1. The molecule has 1 unspecified atom stereocenters. The number of hydrogen-bond donors (Lipinski definition) is 1. The third-order valence-corrected chi connectivity index (χ3v) is 5.01. The second kappa shape index (κ2) is 9.09. The summed E-state index contributed by atoms with van der Waals surface area (Å²) in [5.41, 5.74) is 0.0345. The van der Waals surface area contributed by atoms with E-state index >= 15 is 0 Å². The van der Waals surface area contributed by atoms with Crippen LogP contribution in [0.15, 0.2) is 41.1 Å². The van der Waals surface area contributed by atoms with E-state index in [1.807, 2.05) is 4.90 Å². The molecular formula is C19H20BrFN4O3. The molecule has 3 rings (SSSR count). The van der Waals surface area contributed by atoms with Gasteiger partial charge in [0.1, 0.15) is 5.82 Å². The fourth-order valence-corrected chi connectivity index (χ4v) is 3.25. The maximum Gasteiger partial charge on any atom is 0.309 e. The summed E-state index contributed by atoms with van der Waals surface area (Å²) in [6.45, 7) is 2.74. The Bertz CT molecular complexity index is 844. The van der Waals surface area contributed by atoms with Crippen molar-refractivity contribution in [2.24, 2.45) is 5.92 Å². The van der Waals surface area contributed by atoms with E-state index in [2.05, 4.69) is 31.2 Å². The third kappa shape index (κ3) is 5.03. The molecule has 0 spiro atoms. The van der Waals surface area contributed by atoms with Crippen LogP contribution in [0, 0.1) is 11.7 Å². The van der Waals surface area contributed by atoms with Crippen molar-refractivity contribution in [3.05, 3.63) is 46.9 Å². The molecule has 1 atom stereocenters. The van der Waals surface area contributed by atoms with E-state index in [0.717, 1.165) is 0 Å². The summed E-state index contributed by atoms with van der Waals surface area (Å²) < 4.78 is 19.7. The van der Waals surface area contributed by atoms with Crippen LogP contribution in [0.2, 0.25) is 0 Å². The number of anilines is 2. The van der Waals surface area contributed by atoms with Crippen LogP contribution in [0.1, 0.15) is 19.8 Å². The van der Waals surface area contributed by atoms with Crippen molar-refractivity contribution >= 4 is 39.4 Å². The smallest absolute Gasteiger partial charge is 0.309 e. The first-order valence-electron chi connectivity index (χ1n) is 8.92. The van der Waals surface area contributed by atoms with E-state index in [0.29, 0.717) is 36.4 Å². The molecule has 0 aliphatic carbocycles. The number of ether oxygens (including phenoxy) is 1. The number of hydrogen-bond acceptors (Lipinski definition) is 6. The number of nitrogens with zero attached hydrogens (tertiary/aromatic N) is 3. The number of amides is 1. The molecule has 28 heavy (non-hydrogen) atoms. The number of rotatable bonds is 5. The molecule has 1 fully saturated rings. The van der Waals surface area contributed by atoms with Crippen LogP contribution >= 0.6 is 15.9 Å². The zero-order valence-corrected chi connectivity index (χ0v) is 16.9. The molecule has 1 saturated heterocycles. The van der Waals surface area contributed by atoms with Gasteiger partial charge < -0.3 is 15.0 Å². The second-order valence-electron chi connectivity index (χ2n) is 6.50. The summed E-state index contributed by atoms with van der Waals surface area (Å²) in [6, 6.07) is 6.05. The standard InChI is InChI=1S/C19H20BrFN4O3/c1-12(17(26)24-16-4-3-14(20)11-15(16)21)28-18(27)13-5-9-25(10-6-13)19-22-7-2-8-23-19/h2-4,7-8,11-13H,5-6,9-10H2,1H3,(H,24,26). The SMILES string of the molecule is CC(OC(=O)C1CCN(c2ncccn2)CC1)C(=O)Nc1ccc(Br)cc1F. The quantitative estimate of drug-likeness (QED) is 0.704. The summed E-state index contributed by atoms with van der Waals surface area (Å²) in [5.74, 6) is -1.23. The van der Waals surface area contributed by atoms with Gasteiger partial charge in [-0.3, -0.25) is 9.59 Å². The summed E-state index contributed by atoms with van der Waals surface area (Å²) >= 11 is 3.15. The first-order chi connectivity index (χ1) is 13.4. The number of carbonyl (C=O) groups is 2. The van der Waals surface area contributed by atoms with E-state index in [-0.39, 0.29) is 11.6 Å². The summed E-state index contributed by atoms with van der Waals surface area (Å²) in [7, 11) is 0. The molecule has 148 valence electrons. The van der Waals surface area contributed by atoms with Gasteiger partial charge in [-0.1, -0.05) is 15.9 Å². The van der Waals surface area contributed by atoms with Crippen molar-refractivity contribution in [1.82, 2.24) is 9.97 Å². The van der Waals surface area contributed by atoms with Crippen molar-refractivity contribution in [1.29, 1.82) is 0 Å². The average Bonchev–Trinajstić information content (AvgIpc) is 2.70. The molecule has 1 aliphatic rings. The van der Waals surface area contributed by atoms with Gasteiger partial charge in [-0.2, -0.15) is 0 Å². The third-order valence-electron chi connectivity index (χ3n) is 4.51. The monoisotopic (exact) mass is 450 g/mol. The van der Waals surface area contributed by atoms with Crippen LogP contribution in [-0.4, -0.2) is 41.0 Å². The molecule has 0 bridgehead atoms. The Balaban J connectivity index is 1.49. The molecule has 0 saturated carbocycles. The van der Waals surface area contributed by atoms with Crippen molar-refractivity contribution in [2.75, 3.05) is 23.3 Å². The molecule has 1 aromatic carbocycles. The lowest BCUT2D eigenvalue weighted by molar-refractivity contribution is -0.158. The lowest BCUT2D eigenvalue weighted by Gasteiger charge is -2.31. The highest BCUT2D eigenvalue weighted by Crippen LogP contribution is 2.23. The summed E-state index contributed by atoms with van der Waals surface area (Å²) in [6.07, 6.45) is 3.51. The van der Waals surface area contributed by atoms with Crippen LogP contribution in [-0.2, 0) is 14.3 Å². The molecule has 7 nitrogen and oxygen atoms in total. The molecule has 2 aromatic rings. The number of nitrogens with one attached hydrogen (secondary N) is 1. The molecule has 0 radical (unpaired) electrons. The highest BCUT2D eigenvalue weighted by molar-refractivity contribution is 9.10. The minimum Gasteiger partial charge on any atom is -0.452 e. The van der Waals surface area contributed by atoms with Crippen molar-refractivity contribution in [2.45, 2.75) is 25.9 Å². The van der Waals surface area contributed by atoms with Crippen molar-refractivity contribution < 1.29 is 18.7 Å². The minimum atomic E-state index is -1.02. The first kappa shape index (κ1) is 20.2. The van der Waals surface area contributed by atoms with Crippen LogP contribution in [0.25, 0.3) is 0 Å². The van der Waals surface area contributed by atoms with Gasteiger partial charge in [0.15, 0.2) is 6.10 Å². The van der Waals surface area contributed by atoms with Crippen molar-refractivity contribution in [3.63, 3.8) is 0 Å². The van der Waals surface area contributed by atoms with E-state index in [4.69, 9.17) is 4.74 Å². The summed E-state index contributed by atoms with van der Waals surface area (Å²) in [4.78, 5) is 35.0. The topological polar surface area (TPSA) is 84.4 Å². The average molecular weight is 451 g/mol. The van der Waals surface area contributed by atoms with E-state index in [1.165, 1.54) is 19.1 Å². The molecule has 9 heteroatoms. The zero-order chi connectivity index (χ0) is 20.1. The van der Waals surface area contributed by atoms with Gasteiger partial charge in [0, 0.05) is 30.0 Å². The number of carbonyl (C=O) groups excluding carboxylic acids is 2. The van der Waals surface area contributed by atoms with Gasteiger partial charge in [0.05, 0.1) is 11.6 Å². The van der Waals surface area contributed by atoms with Gasteiger partial charge in [0.2, 0.25) is 5.95 Å². The number of halogens is 2. The number of aromatic nitrogens is 2. The fraction of sp³-hybridized carbons (Fsp3) is 0.368. The normalized spacial score (nSPS) is 15.8. The molecular weight excluding hydrogens is 431 g/mol. The van der Waals surface area contributed by atoms with Crippen molar-refractivity contribution in [3.8, 4) is 0 Å². The minimum absolute atomic E-state index is 0.0345. The van der Waals surface area contributed by atoms with Gasteiger partial charge in [0.25, 0.3) is 5.91 Å². The Morgan fingerprint density at radius 3 is 2.61 bits per heavy atom. The van der Waals surface area contributed by atoms with Gasteiger partial charge in [-0.15, -0.1) is 0 Å². The van der Waals surface area contributed by atoms with Gasteiger partial charge in [-0.05, 0) is 44.0 Å². The van der Waals surface area contributed by atoms with Crippen LogP contribution in [0.3, 0.4) is 0 Å². The van der Waals surface area contributed by atoms with Gasteiger partial charge in [-0.25, -0.2) is 14.4 Å². The second-order valence-corrected chi connectivity index (χ2v) is 7.42. The maximum atomic E-state index is 13.8. The zero-order valence-electron chi connectivity index (χ0n) is 15.3. The maximum absolute atomic E-state index is 13.8. The Labute approximate surface area is 170 Å². The van der Waals surface area contributed by atoms with E-state index in [9.17, 15) is 14.0 Å². The highest BCUT2D eigenvalue weighted by Gasteiger charge is 2.29. The Morgan fingerprint density at radius 1 is 1.29 bits per heavy atom. The molecule has 2 heterocycles. The molecule has 1 N–H and O–H groups in total. The Morgan fingerprint density at radius 2 is 1.96 bits per heavy atom. The largest absolute Gasteiger partial charge is 0.452 e. The van der Waals surface area contributed by atoms with Gasteiger partial charge >= 0.3 is 5.97 Å². The fourth-order valence-electron chi connectivity index (χ4n) is 2.92. The van der Waals surface area contributed by atoms with Crippen LogP contribution in [0.4, 0.5) is 16.0 Å². The van der Waals surface area contributed by atoms with Crippen LogP contribution in [0.5, 0.6) is 0 Å². The van der Waals surface area contributed by atoms with E-state index in [1.54, 1.807) is 24.5 Å². The van der Waals surface area contributed by atoms with E-state index < -0.39 is 23.8 Å². The first-order valence-corrected chi connectivity index (χ1v) is 9.71. The number of esters is 1. The molecule has 1 aromatic heterocycles. The number of benzene rings is 1. The summed E-state index contributed by atoms with van der Waals surface area (Å²) in [5, 5.41) is 2.44. The molecule has 1 amide bonds. The predicted molar refractivity (Wildman–Crippen MR) is 105 cm³/mol. The highest BCUT2D eigenvalue weighted by atomic mass is 79.9. The lowest BCUT2D eigenvalue weighted by Crippen LogP contribution is -2.39. The Kier molecular flexibility index (Phi) is 6.56. The van der Waals surface area contributed by atoms with Crippen LogP contribution < -0.4 is 10.2 Å². The lowest BCUT2D eigenvalue weighted by atomic mass is 9.97. The molecule has 1 aliphatic heterocycles.